The van der Waals surface area contributed by atoms with Crippen molar-refractivity contribution in [3.63, 3.8) is 0 Å². The summed E-state index contributed by atoms with van der Waals surface area (Å²) in [5, 5.41) is 3.37. The number of carbonyl (C=O) groups excluding carboxylic acids is 2. The van der Waals surface area contributed by atoms with Gasteiger partial charge in [0.15, 0.2) is 10.4 Å². The van der Waals surface area contributed by atoms with E-state index in [9.17, 15) is 9.59 Å². The van der Waals surface area contributed by atoms with Crippen molar-refractivity contribution in [3.8, 4) is 0 Å². The van der Waals surface area contributed by atoms with Gasteiger partial charge >= 0.3 is 5.97 Å². The van der Waals surface area contributed by atoms with E-state index in [4.69, 9.17) is 9.15 Å². The van der Waals surface area contributed by atoms with E-state index in [1.165, 1.54) is 11.3 Å². The highest BCUT2D eigenvalue weighted by atomic mass is 79.9. The Labute approximate surface area is 158 Å². The molecule has 2 heterocycles. The third kappa shape index (κ3) is 3.98. The summed E-state index contributed by atoms with van der Waals surface area (Å²) in [6.45, 7) is 5.84. The van der Waals surface area contributed by atoms with Crippen LogP contribution in [0.3, 0.4) is 0 Å². The van der Waals surface area contributed by atoms with Crippen molar-refractivity contribution >= 4 is 44.1 Å². The Balaban J connectivity index is 1.94. The van der Waals surface area contributed by atoms with Gasteiger partial charge in [-0.2, -0.15) is 0 Å². The van der Waals surface area contributed by atoms with E-state index in [2.05, 4.69) is 28.2 Å². The molecule has 134 valence electrons. The highest BCUT2D eigenvalue weighted by Gasteiger charge is 2.30. The number of amides is 1. The number of thiophene rings is 1. The zero-order valence-corrected chi connectivity index (χ0v) is 16.8. The van der Waals surface area contributed by atoms with Crippen LogP contribution in [0.25, 0.3) is 0 Å². The standard InChI is InChI=1S/C18H20BrNO4S/c1-9(2)23-18(22)15-11-5-4-10(3)8-13(11)25-17(15)20-16(21)12-6-7-14(19)24-12/h6-7,9-10H,4-5,8H2,1-3H3,(H,20,21)/t10-/m1/s1. The molecule has 0 bridgehead atoms. The van der Waals surface area contributed by atoms with Gasteiger partial charge in [0.1, 0.15) is 5.00 Å². The average molecular weight is 426 g/mol. The Morgan fingerprint density at radius 3 is 2.80 bits per heavy atom. The van der Waals surface area contributed by atoms with Crippen LogP contribution in [-0.4, -0.2) is 18.0 Å². The van der Waals surface area contributed by atoms with Crippen molar-refractivity contribution in [1.82, 2.24) is 0 Å². The summed E-state index contributed by atoms with van der Waals surface area (Å²) in [6.07, 6.45) is 2.57. The highest BCUT2D eigenvalue weighted by Crippen LogP contribution is 2.40. The molecule has 2 aromatic heterocycles. The number of rotatable bonds is 4. The first-order valence-corrected chi connectivity index (χ1v) is 9.88. The second kappa shape index (κ2) is 7.33. The van der Waals surface area contributed by atoms with E-state index in [0.29, 0.717) is 21.2 Å². The molecule has 1 aliphatic carbocycles. The summed E-state index contributed by atoms with van der Waals surface area (Å²) in [5.41, 5.74) is 1.52. The van der Waals surface area contributed by atoms with E-state index >= 15 is 0 Å². The molecule has 0 saturated heterocycles. The van der Waals surface area contributed by atoms with Crippen molar-refractivity contribution in [2.45, 2.75) is 46.1 Å². The fourth-order valence-electron chi connectivity index (χ4n) is 2.93. The van der Waals surface area contributed by atoms with Crippen molar-refractivity contribution in [1.29, 1.82) is 0 Å². The third-order valence-corrected chi connectivity index (χ3v) is 5.68. The van der Waals surface area contributed by atoms with Crippen LogP contribution in [0.2, 0.25) is 0 Å². The molecule has 0 fully saturated rings. The lowest BCUT2D eigenvalue weighted by atomic mass is 9.88. The quantitative estimate of drug-likeness (QED) is 0.695. The van der Waals surface area contributed by atoms with Gasteiger partial charge in [0, 0.05) is 4.88 Å². The van der Waals surface area contributed by atoms with Gasteiger partial charge in [-0.15, -0.1) is 11.3 Å². The van der Waals surface area contributed by atoms with Gasteiger partial charge in [-0.1, -0.05) is 6.92 Å². The third-order valence-electron chi connectivity index (χ3n) is 4.08. The van der Waals surface area contributed by atoms with E-state index in [0.717, 1.165) is 29.7 Å². The topological polar surface area (TPSA) is 68.5 Å². The van der Waals surface area contributed by atoms with Crippen molar-refractivity contribution in [2.24, 2.45) is 5.92 Å². The molecule has 25 heavy (non-hydrogen) atoms. The lowest BCUT2D eigenvalue weighted by molar-refractivity contribution is 0.0378. The maximum absolute atomic E-state index is 12.6. The number of hydrogen-bond donors (Lipinski definition) is 1. The number of nitrogens with one attached hydrogen (secondary N) is 1. The van der Waals surface area contributed by atoms with Gasteiger partial charge in [-0.3, -0.25) is 4.79 Å². The van der Waals surface area contributed by atoms with Gasteiger partial charge in [0.2, 0.25) is 0 Å². The molecular formula is C18H20BrNO4S. The zero-order chi connectivity index (χ0) is 18.1. The van der Waals surface area contributed by atoms with E-state index < -0.39 is 0 Å². The second-order valence-electron chi connectivity index (χ2n) is 6.57. The molecule has 2 aromatic rings. The minimum Gasteiger partial charge on any atom is -0.459 e. The van der Waals surface area contributed by atoms with Crippen LogP contribution in [0.4, 0.5) is 5.00 Å². The fraction of sp³-hybridized carbons (Fsp3) is 0.444. The molecule has 0 aromatic carbocycles. The smallest absolute Gasteiger partial charge is 0.341 e. The summed E-state index contributed by atoms with van der Waals surface area (Å²) >= 11 is 4.65. The normalized spacial score (nSPS) is 16.6. The predicted molar refractivity (Wildman–Crippen MR) is 100 cm³/mol. The molecule has 1 N–H and O–H groups in total. The first-order chi connectivity index (χ1) is 11.8. The van der Waals surface area contributed by atoms with Crippen molar-refractivity contribution in [3.05, 3.63) is 38.6 Å². The predicted octanol–water partition coefficient (Wildman–Crippen LogP) is 5.05. The SMILES string of the molecule is CC(C)OC(=O)c1c(NC(=O)c2ccc(Br)o2)sc2c1CC[C@@H](C)C2. The van der Waals surface area contributed by atoms with Crippen LogP contribution in [0, 0.1) is 5.92 Å². The largest absolute Gasteiger partial charge is 0.459 e. The van der Waals surface area contributed by atoms with E-state index in [1.807, 2.05) is 13.8 Å². The first-order valence-electron chi connectivity index (χ1n) is 8.27. The van der Waals surface area contributed by atoms with Gasteiger partial charge < -0.3 is 14.5 Å². The van der Waals surface area contributed by atoms with Crippen LogP contribution < -0.4 is 5.32 Å². The molecule has 0 saturated carbocycles. The summed E-state index contributed by atoms with van der Waals surface area (Å²) in [4.78, 5) is 26.2. The Hall–Kier alpha value is -1.60. The molecule has 1 aliphatic rings. The number of fused-ring (bicyclic) bond motifs is 1. The molecule has 0 radical (unpaired) electrons. The lowest BCUT2D eigenvalue weighted by Crippen LogP contribution is -2.18. The lowest BCUT2D eigenvalue weighted by Gasteiger charge is -2.18. The van der Waals surface area contributed by atoms with Crippen molar-refractivity contribution < 1.29 is 18.7 Å². The molecule has 0 unspecified atom stereocenters. The van der Waals surface area contributed by atoms with Crippen LogP contribution in [0.15, 0.2) is 21.2 Å². The molecule has 1 amide bonds. The molecule has 5 nitrogen and oxygen atoms in total. The maximum Gasteiger partial charge on any atom is 0.341 e. The van der Waals surface area contributed by atoms with E-state index in [1.54, 1.807) is 12.1 Å². The van der Waals surface area contributed by atoms with Crippen molar-refractivity contribution in [2.75, 3.05) is 5.32 Å². The van der Waals surface area contributed by atoms with Gasteiger partial charge in [-0.05, 0) is 72.7 Å². The Morgan fingerprint density at radius 1 is 1.40 bits per heavy atom. The number of hydrogen-bond acceptors (Lipinski definition) is 5. The molecule has 0 aliphatic heterocycles. The summed E-state index contributed by atoms with van der Waals surface area (Å²) in [5.74, 6) is 0.00779. The number of halogens is 1. The zero-order valence-electron chi connectivity index (χ0n) is 14.3. The summed E-state index contributed by atoms with van der Waals surface area (Å²) in [6, 6.07) is 3.24. The average Bonchev–Trinajstić information content (AvgIpc) is 3.09. The van der Waals surface area contributed by atoms with Gasteiger partial charge in [0.25, 0.3) is 5.91 Å². The maximum atomic E-state index is 12.6. The van der Waals surface area contributed by atoms with Gasteiger partial charge in [0.05, 0.1) is 11.7 Å². The van der Waals surface area contributed by atoms with E-state index in [-0.39, 0.29) is 23.7 Å². The minimum absolute atomic E-state index is 0.190. The monoisotopic (exact) mass is 425 g/mol. The number of furan rings is 1. The van der Waals surface area contributed by atoms with Crippen LogP contribution >= 0.6 is 27.3 Å². The first kappa shape index (κ1) is 18.2. The summed E-state index contributed by atoms with van der Waals surface area (Å²) in [7, 11) is 0. The fourth-order valence-corrected chi connectivity index (χ4v) is 4.63. The number of carbonyl (C=O) groups is 2. The molecule has 1 atom stereocenters. The molecule has 7 heteroatoms. The molecule has 3 rings (SSSR count). The van der Waals surface area contributed by atoms with Crippen LogP contribution in [0.5, 0.6) is 0 Å². The molecular weight excluding hydrogens is 406 g/mol. The van der Waals surface area contributed by atoms with Crippen LogP contribution in [-0.2, 0) is 17.6 Å². The molecule has 0 spiro atoms. The van der Waals surface area contributed by atoms with Crippen LogP contribution in [0.1, 0.15) is 58.5 Å². The Kier molecular flexibility index (Phi) is 5.34. The number of ether oxygens (including phenoxy) is 1. The Morgan fingerprint density at radius 2 is 2.16 bits per heavy atom. The number of esters is 1. The summed E-state index contributed by atoms with van der Waals surface area (Å²) < 4.78 is 11.2. The number of anilines is 1. The highest BCUT2D eigenvalue weighted by molar-refractivity contribution is 9.10. The Bertz CT molecular complexity index is 808. The van der Waals surface area contributed by atoms with Gasteiger partial charge in [-0.25, -0.2) is 4.79 Å². The second-order valence-corrected chi connectivity index (χ2v) is 8.45. The minimum atomic E-state index is -0.379.